The summed E-state index contributed by atoms with van der Waals surface area (Å²) >= 11 is 1.95. The summed E-state index contributed by atoms with van der Waals surface area (Å²) in [6.07, 6.45) is 1.43. The second-order valence-electron chi connectivity index (χ2n) is 6.40. The summed E-state index contributed by atoms with van der Waals surface area (Å²) < 4.78 is 31.0. The Kier molecular flexibility index (Phi) is 6.79. The standard InChI is InChI=1S/C21H22N2O3S2/c1-26-21-8-7-17(13-18(21)16-23-9-11-27-12-10-23)14-20(15-22)28(24,25)19-5-3-2-4-6-19/h2-8,13-14H,9-12,16H2,1H3. The van der Waals surface area contributed by atoms with Gasteiger partial charge in [0, 0.05) is 36.7 Å². The van der Waals surface area contributed by atoms with E-state index in [0.29, 0.717) is 5.56 Å². The van der Waals surface area contributed by atoms with E-state index in [0.717, 1.165) is 42.5 Å². The van der Waals surface area contributed by atoms with Crippen molar-refractivity contribution >= 4 is 27.7 Å². The van der Waals surface area contributed by atoms with E-state index in [1.807, 2.05) is 30.0 Å². The second kappa shape index (κ2) is 9.28. The van der Waals surface area contributed by atoms with E-state index in [1.165, 1.54) is 18.2 Å². The van der Waals surface area contributed by atoms with Crippen LogP contribution < -0.4 is 4.74 Å². The van der Waals surface area contributed by atoms with Crippen molar-refractivity contribution in [3.63, 3.8) is 0 Å². The van der Waals surface area contributed by atoms with Crippen molar-refractivity contribution in [2.24, 2.45) is 0 Å². The fourth-order valence-corrected chi connectivity index (χ4v) is 5.22. The third-order valence-electron chi connectivity index (χ3n) is 4.55. The first-order valence-corrected chi connectivity index (χ1v) is 11.6. The molecule has 28 heavy (non-hydrogen) atoms. The van der Waals surface area contributed by atoms with Crippen LogP contribution in [0.1, 0.15) is 11.1 Å². The lowest BCUT2D eigenvalue weighted by Crippen LogP contribution is -2.32. The predicted molar refractivity (Wildman–Crippen MR) is 113 cm³/mol. The zero-order valence-corrected chi connectivity index (χ0v) is 17.3. The van der Waals surface area contributed by atoms with Gasteiger partial charge in [0.25, 0.3) is 0 Å². The van der Waals surface area contributed by atoms with Crippen LogP contribution in [-0.2, 0) is 16.4 Å². The van der Waals surface area contributed by atoms with Crippen molar-refractivity contribution in [1.82, 2.24) is 4.90 Å². The van der Waals surface area contributed by atoms with Crippen LogP contribution in [-0.4, -0.2) is 45.0 Å². The zero-order chi connectivity index (χ0) is 20.0. The topological polar surface area (TPSA) is 70.4 Å². The Hall–Kier alpha value is -2.27. The van der Waals surface area contributed by atoms with Crippen molar-refractivity contribution in [3.8, 4) is 11.8 Å². The number of thioether (sulfide) groups is 1. The SMILES string of the molecule is COc1ccc(C=C(C#N)S(=O)(=O)c2ccccc2)cc1CN1CCSCC1. The molecule has 0 atom stereocenters. The number of hydrogen-bond donors (Lipinski definition) is 0. The molecule has 2 aromatic rings. The maximum Gasteiger partial charge on any atom is 0.216 e. The van der Waals surface area contributed by atoms with Gasteiger partial charge in [-0.3, -0.25) is 4.90 Å². The molecule has 2 aromatic carbocycles. The average molecular weight is 415 g/mol. The van der Waals surface area contributed by atoms with Crippen LogP contribution in [0.25, 0.3) is 6.08 Å². The Morgan fingerprint density at radius 2 is 1.93 bits per heavy atom. The number of rotatable bonds is 6. The van der Waals surface area contributed by atoms with E-state index in [9.17, 15) is 13.7 Å². The monoisotopic (exact) mass is 414 g/mol. The van der Waals surface area contributed by atoms with Gasteiger partial charge >= 0.3 is 0 Å². The van der Waals surface area contributed by atoms with E-state index in [2.05, 4.69) is 4.90 Å². The van der Waals surface area contributed by atoms with Crippen LogP contribution in [0, 0.1) is 11.3 Å². The lowest BCUT2D eigenvalue weighted by atomic mass is 10.1. The molecule has 0 spiro atoms. The zero-order valence-electron chi connectivity index (χ0n) is 15.7. The van der Waals surface area contributed by atoms with Gasteiger partial charge in [-0.05, 0) is 35.9 Å². The Morgan fingerprint density at radius 1 is 1.21 bits per heavy atom. The molecule has 1 saturated heterocycles. The molecule has 0 amide bonds. The molecule has 0 N–H and O–H groups in total. The molecule has 5 nitrogen and oxygen atoms in total. The second-order valence-corrected chi connectivity index (χ2v) is 9.54. The summed E-state index contributed by atoms with van der Waals surface area (Å²) in [6.45, 7) is 2.76. The lowest BCUT2D eigenvalue weighted by molar-refractivity contribution is 0.288. The molecule has 0 aliphatic carbocycles. The molecule has 146 valence electrons. The predicted octanol–water partition coefficient (Wildman–Crippen LogP) is 3.58. The number of hydrogen-bond acceptors (Lipinski definition) is 6. The number of methoxy groups -OCH3 is 1. The molecule has 0 saturated carbocycles. The summed E-state index contributed by atoms with van der Waals surface area (Å²) in [5.41, 5.74) is 1.65. The molecule has 1 aliphatic heterocycles. The van der Waals surface area contributed by atoms with Gasteiger partial charge in [0.1, 0.15) is 16.7 Å². The third-order valence-corrected chi connectivity index (χ3v) is 7.18. The summed E-state index contributed by atoms with van der Waals surface area (Å²) in [7, 11) is -2.22. The van der Waals surface area contributed by atoms with Gasteiger partial charge in [-0.1, -0.05) is 24.3 Å². The Labute approximate surface area is 170 Å². The van der Waals surface area contributed by atoms with Gasteiger partial charge in [0.2, 0.25) is 9.84 Å². The first-order valence-electron chi connectivity index (χ1n) is 8.93. The Balaban J connectivity index is 1.93. The fraction of sp³-hybridized carbons (Fsp3) is 0.286. The average Bonchev–Trinajstić information content (AvgIpc) is 2.73. The lowest BCUT2D eigenvalue weighted by Gasteiger charge is -2.26. The molecule has 0 bridgehead atoms. The molecule has 3 rings (SSSR count). The molecule has 1 fully saturated rings. The molecule has 1 aliphatic rings. The molecule has 0 aromatic heterocycles. The third kappa shape index (κ3) is 4.76. The highest BCUT2D eigenvalue weighted by molar-refractivity contribution is 7.99. The summed E-state index contributed by atoms with van der Waals surface area (Å²) in [5, 5.41) is 9.48. The quantitative estimate of drug-likeness (QED) is 0.673. The van der Waals surface area contributed by atoms with Crippen LogP contribution >= 0.6 is 11.8 Å². The number of benzene rings is 2. The molecular weight excluding hydrogens is 392 g/mol. The van der Waals surface area contributed by atoms with Gasteiger partial charge in [-0.15, -0.1) is 0 Å². The van der Waals surface area contributed by atoms with Gasteiger partial charge in [-0.2, -0.15) is 17.0 Å². The molecular formula is C21H22N2O3S2. The van der Waals surface area contributed by atoms with E-state index in [1.54, 1.807) is 31.4 Å². The fourth-order valence-electron chi connectivity index (χ4n) is 3.06. The van der Waals surface area contributed by atoms with Crippen LogP contribution in [0.2, 0.25) is 0 Å². The highest BCUT2D eigenvalue weighted by atomic mass is 32.2. The largest absolute Gasteiger partial charge is 0.496 e. The van der Waals surface area contributed by atoms with Gasteiger partial charge < -0.3 is 4.74 Å². The number of nitriles is 1. The number of sulfone groups is 1. The first-order chi connectivity index (χ1) is 13.5. The van der Waals surface area contributed by atoms with Gasteiger partial charge in [0.15, 0.2) is 0 Å². The van der Waals surface area contributed by atoms with Crippen LogP contribution in [0.15, 0.2) is 58.3 Å². The summed E-state index contributed by atoms with van der Waals surface area (Å²) in [5.74, 6) is 2.98. The van der Waals surface area contributed by atoms with E-state index in [-0.39, 0.29) is 9.80 Å². The summed E-state index contributed by atoms with van der Waals surface area (Å²) in [6, 6.07) is 15.4. The smallest absolute Gasteiger partial charge is 0.216 e. The minimum absolute atomic E-state index is 0.113. The minimum atomic E-state index is -3.85. The van der Waals surface area contributed by atoms with E-state index in [4.69, 9.17) is 4.74 Å². The molecule has 0 radical (unpaired) electrons. The highest BCUT2D eigenvalue weighted by Crippen LogP contribution is 2.26. The highest BCUT2D eigenvalue weighted by Gasteiger charge is 2.21. The maximum absolute atomic E-state index is 12.8. The first kappa shape index (κ1) is 20.5. The van der Waals surface area contributed by atoms with Crippen molar-refractivity contribution in [2.45, 2.75) is 11.4 Å². The van der Waals surface area contributed by atoms with E-state index < -0.39 is 9.84 Å². The molecule has 7 heteroatoms. The number of nitrogens with zero attached hydrogens (tertiary/aromatic N) is 2. The Bertz CT molecular complexity index is 990. The number of ether oxygens (including phenoxy) is 1. The number of allylic oxidation sites excluding steroid dienone is 1. The Morgan fingerprint density at radius 3 is 2.57 bits per heavy atom. The summed E-state index contributed by atoms with van der Waals surface area (Å²) in [4.78, 5) is 2.19. The van der Waals surface area contributed by atoms with Crippen molar-refractivity contribution < 1.29 is 13.2 Å². The van der Waals surface area contributed by atoms with Gasteiger partial charge in [-0.25, -0.2) is 8.42 Å². The molecule has 0 unspecified atom stereocenters. The van der Waals surface area contributed by atoms with Gasteiger partial charge in [0.05, 0.1) is 12.0 Å². The maximum atomic E-state index is 12.8. The van der Waals surface area contributed by atoms with Crippen molar-refractivity contribution in [2.75, 3.05) is 31.7 Å². The van der Waals surface area contributed by atoms with Crippen LogP contribution in [0.3, 0.4) is 0 Å². The van der Waals surface area contributed by atoms with Crippen molar-refractivity contribution in [3.05, 3.63) is 64.6 Å². The normalized spacial score (nSPS) is 15.8. The van der Waals surface area contributed by atoms with Crippen LogP contribution in [0.5, 0.6) is 5.75 Å². The molecule has 1 heterocycles. The van der Waals surface area contributed by atoms with Crippen molar-refractivity contribution in [1.29, 1.82) is 5.26 Å². The minimum Gasteiger partial charge on any atom is -0.496 e. The van der Waals surface area contributed by atoms with E-state index >= 15 is 0 Å². The van der Waals surface area contributed by atoms with Crippen LogP contribution in [0.4, 0.5) is 0 Å².